The molecule has 10 heavy (non-hydrogen) atoms. The molecule has 1 N–H and O–H groups in total. The Labute approximate surface area is 58.7 Å². The number of aliphatic hydroxyl groups is 1. The molecule has 0 radical (unpaired) electrons. The molecule has 0 spiro atoms. The third-order valence-corrected chi connectivity index (χ3v) is 1.14. The summed E-state index contributed by atoms with van der Waals surface area (Å²) in [6.45, 7) is 2.36. The van der Waals surface area contributed by atoms with Crippen molar-refractivity contribution in [3.8, 4) is 0 Å². The minimum absolute atomic E-state index is 0.300. The number of aryl methyl sites for hydroxylation is 1. The number of nitrogens with zero attached hydrogens (tertiary/aromatic N) is 4. The standard InChI is InChI=1S/C5H10N4O/c1-5(10)2-3-9-7-4-6-8-9/h4-5,10H,2-3H2,1H3. The fourth-order valence-electron chi connectivity index (χ4n) is 0.593. The summed E-state index contributed by atoms with van der Waals surface area (Å²) in [7, 11) is 0. The van der Waals surface area contributed by atoms with Crippen LogP contribution in [0.1, 0.15) is 13.3 Å². The molecule has 1 aromatic rings. The third-order valence-electron chi connectivity index (χ3n) is 1.14. The summed E-state index contributed by atoms with van der Waals surface area (Å²) >= 11 is 0. The predicted octanol–water partition coefficient (Wildman–Crippen LogP) is -0.556. The first-order chi connectivity index (χ1) is 4.79. The van der Waals surface area contributed by atoms with Crippen molar-refractivity contribution in [1.29, 1.82) is 0 Å². The SMILES string of the molecule is CC(O)CCn1ncnn1. The van der Waals surface area contributed by atoms with E-state index in [4.69, 9.17) is 5.11 Å². The van der Waals surface area contributed by atoms with E-state index >= 15 is 0 Å². The maximum Gasteiger partial charge on any atom is 0.162 e. The van der Waals surface area contributed by atoms with E-state index < -0.39 is 0 Å². The fourth-order valence-corrected chi connectivity index (χ4v) is 0.593. The first kappa shape index (κ1) is 7.14. The van der Waals surface area contributed by atoms with Crippen LogP contribution in [0.15, 0.2) is 6.33 Å². The van der Waals surface area contributed by atoms with Gasteiger partial charge < -0.3 is 5.11 Å². The Morgan fingerprint density at radius 2 is 2.50 bits per heavy atom. The van der Waals surface area contributed by atoms with Crippen LogP contribution in [0.5, 0.6) is 0 Å². The molecule has 1 rings (SSSR count). The van der Waals surface area contributed by atoms with E-state index in [1.165, 1.54) is 11.1 Å². The molecule has 0 bridgehead atoms. The van der Waals surface area contributed by atoms with Gasteiger partial charge in [-0.3, -0.25) is 0 Å². The van der Waals surface area contributed by atoms with Gasteiger partial charge in [-0.25, -0.2) is 0 Å². The summed E-state index contributed by atoms with van der Waals surface area (Å²) in [5.41, 5.74) is 0. The minimum Gasteiger partial charge on any atom is -0.393 e. The molecule has 0 aliphatic carbocycles. The molecule has 0 saturated heterocycles. The van der Waals surface area contributed by atoms with Gasteiger partial charge in [-0.1, -0.05) is 0 Å². The number of rotatable bonds is 3. The van der Waals surface area contributed by atoms with E-state index in [1.54, 1.807) is 6.92 Å². The van der Waals surface area contributed by atoms with Crippen molar-refractivity contribution >= 4 is 0 Å². The van der Waals surface area contributed by atoms with Gasteiger partial charge in [0.05, 0.1) is 12.6 Å². The number of aromatic nitrogens is 4. The van der Waals surface area contributed by atoms with E-state index in [0.717, 1.165) is 0 Å². The predicted molar refractivity (Wildman–Crippen MR) is 34.1 cm³/mol. The smallest absolute Gasteiger partial charge is 0.162 e. The van der Waals surface area contributed by atoms with Gasteiger partial charge in [0, 0.05) is 0 Å². The summed E-state index contributed by atoms with van der Waals surface area (Å²) in [4.78, 5) is 1.45. The molecule has 1 aromatic heterocycles. The summed E-state index contributed by atoms with van der Waals surface area (Å²) in [6, 6.07) is 0. The first-order valence-electron chi connectivity index (χ1n) is 3.18. The minimum atomic E-state index is -0.300. The van der Waals surface area contributed by atoms with E-state index in [9.17, 15) is 0 Å². The molecule has 1 atom stereocenters. The Kier molecular flexibility index (Phi) is 2.33. The second-order valence-electron chi connectivity index (χ2n) is 2.17. The molecule has 0 saturated carbocycles. The van der Waals surface area contributed by atoms with Crippen molar-refractivity contribution in [2.75, 3.05) is 0 Å². The largest absolute Gasteiger partial charge is 0.393 e. The maximum absolute atomic E-state index is 8.86. The second kappa shape index (κ2) is 3.26. The van der Waals surface area contributed by atoms with E-state index in [0.29, 0.717) is 13.0 Å². The molecule has 1 unspecified atom stereocenters. The summed E-state index contributed by atoms with van der Waals surface area (Å²) in [6.07, 6.45) is 1.74. The van der Waals surface area contributed by atoms with Gasteiger partial charge in [-0.15, -0.1) is 10.2 Å². The van der Waals surface area contributed by atoms with Crippen LogP contribution in [0.25, 0.3) is 0 Å². The lowest BCUT2D eigenvalue weighted by Gasteiger charge is -2.00. The van der Waals surface area contributed by atoms with Crippen LogP contribution >= 0.6 is 0 Å². The van der Waals surface area contributed by atoms with Gasteiger partial charge in [-0.2, -0.15) is 4.80 Å². The Balaban J connectivity index is 2.28. The average molecular weight is 142 g/mol. The zero-order valence-corrected chi connectivity index (χ0v) is 5.80. The molecule has 5 heteroatoms. The van der Waals surface area contributed by atoms with Gasteiger partial charge in [0.25, 0.3) is 0 Å². The van der Waals surface area contributed by atoms with Crippen molar-refractivity contribution < 1.29 is 5.11 Å². The van der Waals surface area contributed by atoms with Crippen LogP contribution in [-0.4, -0.2) is 31.4 Å². The molecular formula is C5H10N4O. The number of aliphatic hydroxyl groups excluding tert-OH is 1. The highest BCUT2D eigenvalue weighted by molar-refractivity contribution is 4.46. The summed E-state index contributed by atoms with van der Waals surface area (Å²) < 4.78 is 0. The van der Waals surface area contributed by atoms with Gasteiger partial charge >= 0.3 is 0 Å². The highest BCUT2D eigenvalue weighted by atomic mass is 16.3. The Morgan fingerprint density at radius 3 is 3.00 bits per heavy atom. The topological polar surface area (TPSA) is 63.8 Å². The Hall–Kier alpha value is -0.970. The summed E-state index contributed by atoms with van der Waals surface area (Å²) in [5.74, 6) is 0. The van der Waals surface area contributed by atoms with Crippen molar-refractivity contribution in [2.45, 2.75) is 26.0 Å². The third kappa shape index (κ3) is 2.10. The lowest BCUT2D eigenvalue weighted by atomic mass is 10.3. The highest BCUT2D eigenvalue weighted by Crippen LogP contribution is 1.90. The fraction of sp³-hybridized carbons (Fsp3) is 0.800. The second-order valence-corrected chi connectivity index (χ2v) is 2.17. The van der Waals surface area contributed by atoms with E-state index in [2.05, 4.69) is 15.4 Å². The monoisotopic (exact) mass is 142 g/mol. The molecule has 0 fully saturated rings. The van der Waals surface area contributed by atoms with Gasteiger partial charge in [-0.05, 0) is 18.6 Å². The van der Waals surface area contributed by atoms with Crippen LogP contribution in [0.4, 0.5) is 0 Å². The van der Waals surface area contributed by atoms with Crippen LogP contribution in [0.3, 0.4) is 0 Å². The molecule has 1 heterocycles. The molecule has 5 nitrogen and oxygen atoms in total. The van der Waals surface area contributed by atoms with Gasteiger partial charge in [0.1, 0.15) is 0 Å². The Bertz CT molecular complexity index is 172. The summed E-state index contributed by atoms with van der Waals surface area (Å²) in [5, 5.41) is 19.8. The van der Waals surface area contributed by atoms with Gasteiger partial charge in [0.2, 0.25) is 0 Å². The maximum atomic E-state index is 8.86. The molecule has 0 aliphatic heterocycles. The van der Waals surface area contributed by atoms with Crippen molar-refractivity contribution in [3.63, 3.8) is 0 Å². The Morgan fingerprint density at radius 1 is 1.70 bits per heavy atom. The molecular weight excluding hydrogens is 132 g/mol. The average Bonchev–Trinajstić information content (AvgIpc) is 2.34. The van der Waals surface area contributed by atoms with E-state index in [1.807, 2.05) is 0 Å². The van der Waals surface area contributed by atoms with Crippen LogP contribution in [0, 0.1) is 0 Å². The van der Waals surface area contributed by atoms with Crippen molar-refractivity contribution in [3.05, 3.63) is 6.33 Å². The van der Waals surface area contributed by atoms with Crippen LogP contribution in [0.2, 0.25) is 0 Å². The number of hydrogen-bond donors (Lipinski definition) is 1. The van der Waals surface area contributed by atoms with Crippen molar-refractivity contribution in [1.82, 2.24) is 20.2 Å². The highest BCUT2D eigenvalue weighted by Gasteiger charge is 1.96. The molecule has 0 aliphatic rings. The normalized spacial score (nSPS) is 13.4. The van der Waals surface area contributed by atoms with Crippen LogP contribution in [-0.2, 0) is 6.54 Å². The van der Waals surface area contributed by atoms with Gasteiger partial charge in [0.15, 0.2) is 6.33 Å². The lowest BCUT2D eigenvalue weighted by Crippen LogP contribution is -2.09. The first-order valence-corrected chi connectivity index (χ1v) is 3.18. The molecule has 0 amide bonds. The molecule has 0 aromatic carbocycles. The number of hydrogen-bond acceptors (Lipinski definition) is 4. The van der Waals surface area contributed by atoms with Crippen LogP contribution < -0.4 is 0 Å². The quantitative estimate of drug-likeness (QED) is 0.614. The zero-order chi connectivity index (χ0) is 7.40. The van der Waals surface area contributed by atoms with E-state index in [-0.39, 0.29) is 6.10 Å². The number of tetrazole rings is 1. The lowest BCUT2D eigenvalue weighted by molar-refractivity contribution is 0.173. The van der Waals surface area contributed by atoms with Crippen molar-refractivity contribution in [2.24, 2.45) is 0 Å². The zero-order valence-electron chi connectivity index (χ0n) is 5.80. The molecule has 56 valence electrons.